The molecule has 3 unspecified atom stereocenters. The molecule has 1 heterocycles. The Balaban J connectivity index is 2.26. The van der Waals surface area contributed by atoms with Crippen molar-refractivity contribution in [3.05, 3.63) is 0 Å². The summed E-state index contributed by atoms with van der Waals surface area (Å²) >= 11 is 2.35. The SMILES string of the molecule is CC1CC(C)(C)CC2(CC(=O)OC2CI)C1. The molecule has 0 aromatic rings. The number of hydrogen-bond acceptors (Lipinski definition) is 2. The maximum atomic E-state index is 11.6. The monoisotopic (exact) mass is 336 g/mol. The molecule has 2 aliphatic rings. The average molecular weight is 336 g/mol. The Morgan fingerprint density at radius 2 is 2.12 bits per heavy atom. The topological polar surface area (TPSA) is 26.3 Å². The van der Waals surface area contributed by atoms with Crippen LogP contribution in [0.1, 0.15) is 46.5 Å². The molecule has 0 aromatic heterocycles. The molecule has 0 radical (unpaired) electrons. The molecule has 0 bridgehead atoms. The van der Waals surface area contributed by atoms with Crippen LogP contribution >= 0.6 is 22.6 Å². The van der Waals surface area contributed by atoms with Crippen molar-refractivity contribution in [2.24, 2.45) is 16.7 Å². The molecule has 1 spiro atoms. The average Bonchev–Trinajstić information content (AvgIpc) is 2.37. The number of alkyl halides is 1. The van der Waals surface area contributed by atoms with Gasteiger partial charge in [0.05, 0.1) is 6.42 Å². The Morgan fingerprint density at radius 3 is 2.69 bits per heavy atom. The number of halogens is 1. The lowest BCUT2D eigenvalue weighted by molar-refractivity contribution is -0.141. The first-order chi connectivity index (χ1) is 7.37. The van der Waals surface area contributed by atoms with Gasteiger partial charge in [0.25, 0.3) is 0 Å². The van der Waals surface area contributed by atoms with Crippen LogP contribution in [0, 0.1) is 16.7 Å². The molecule has 92 valence electrons. The van der Waals surface area contributed by atoms with Gasteiger partial charge < -0.3 is 4.74 Å². The zero-order valence-corrected chi connectivity index (χ0v) is 12.5. The first-order valence-electron chi connectivity index (χ1n) is 6.12. The van der Waals surface area contributed by atoms with Gasteiger partial charge in [-0.1, -0.05) is 43.4 Å². The second kappa shape index (κ2) is 4.14. The van der Waals surface area contributed by atoms with Crippen LogP contribution in [0.25, 0.3) is 0 Å². The van der Waals surface area contributed by atoms with Crippen molar-refractivity contribution in [1.29, 1.82) is 0 Å². The summed E-state index contributed by atoms with van der Waals surface area (Å²) in [6.45, 7) is 6.98. The normalized spacial score (nSPS) is 42.4. The largest absolute Gasteiger partial charge is 0.461 e. The summed E-state index contributed by atoms with van der Waals surface area (Å²) in [6.07, 6.45) is 4.38. The highest BCUT2D eigenvalue weighted by Crippen LogP contribution is 2.55. The van der Waals surface area contributed by atoms with Crippen LogP contribution in [-0.4, -0.2) is 16.5 Å². The van der Waals surface area contributed by atoms with Crippen molar-refractivity contribution in [2.45, 2.75) is 52.6 Å². The van der Waals surface area contributed by atoms with Crippen LogP contribution in [0.3, 0.4) is 0 Å². The molecule has 1 aliphatic heterocycles. The minimum absolute atomic E-state index is 0.0200. The fourth-order valence-electron chi connectivity index (χ4n) is 4.11. The lowest BCUT2D eigenvalue weighted by atomic mass is 9.58. The van der Waals surface area contributed by atoms with E-state index in [-0.39, 0.29) is 17.5 Å². The van der Waals surface area contributed by atoms with Gasteiger partial charge in [0.2, 0.25) is 0 Å². The summed E-state index contributed by atoms with van der Waals surface area (Å²) in [6, 6.07) is 0. The Morgan fingerprint density at radius 1 is 1.44 bits per heavy atom. The summed E-state index contributed by atoms with van der Waals surface area (Å²) in [5.74, 6) is 0.732. The molecule has 3 atom stereocenters. The third-order valence-electron chi connectivity index (χ3n) is 4.08. The van der Waals surface area contributed by atoms with Crippen LogP contribution in [0.2, 0.25) is 0 Å². The molecule has 2 fully saturated rings. The van der Waals surface area contributed by atoms with E-state index in [4.69, 9.17) is 4.74 Å². The zero-order chi connectivity index (χ0) is 12.0. The van der Waals surface area contributed by atoms with Gasteiger partial charge in [-0.25, -0.2) is 0 Å². The van der Waals surface area contributed by atoms with Crippen LogP contribution in [0.5, 0.6) is 0 Å². The van der Waals surface area contributed by atoms with E-state index in [2.05, 4.69) is 43.4 Å². The van der Waals surface area contributed by atoms with Crippen molar-refractivity contribution in [3.8, 4) is 0 Å². The highest BCUT2D eigenvalue weighted by Gasteiger charge is 2.53. The van der Waals surface area contributed by atoms with Gasteiger partial charge in [-0.3, -0.25) is 4.79 Å². The maximum Gasteiger partial charge on any atom is 0.306 e. The minimum atomic E-state index is 0.0200. The third kappa shape index (κ3) is 2.24. The van der Waals surface area contributed by atoms with E-state index in [1.807, 2.05) is 0 Å². The molecule has 1 saturated carbocycles. The fourth-order valence-corrected chi connectivity index (χ4v) is 5.22. The van der Waals surface area contributed by atoms with E-state index in [0.717, 1.165) is 17.3 Å². The standard InChI is InChI=1S/C13H21IO2/c1-9-4-12(2,3)8-13(5-9)6-11(15)16-10(13)7-14/h9-10H,4-8H2,1-3H3. The predicted molar refractivity (Wildman–Crippen MR) is 72.6 cm³/mol. The van der Waals surface area contributed by atoms with Crippen molar-refractivity contribution < 1.29 is 9.53 Å². The molecule has 1 aliphatic carbocycles. The lowest BCUT2D eigenvalue weighted by Crippen LogP contribution is -2.42. The quantitative estimate of drug-likeness (QED) is 0.416. The van der Waals surface area contributed by atoms with Gasteiger partial charge in [-0.15, -0.1) is 0 Å². The third-order valence-corrected chi connectivity index (χ3v) is 4.88. The van der Waals surface area contributed by atoms with Gasteiger partial charge in [0.1, 0.15) is 6.10 Å². The van der Waals surface area contributed by atoms with Gasteiger partial charge >= 0.3 is 5.97 Å². The van der Waals surface area contributed by atoms with Gasteiger partial charge in [0, 0.05) is 9.84 Å². The molecular weight excluding hydrogens is 315 g/mol. The van der Waals surface area contributed by atoms with E-state index in [9.17, 15) is 4.79 Å². The van der Waals surface area contributed by atoms with Crippen LogP contribution < -0.4 is 0 Å². The first-order valence-corrected chi connectivity index (χ1v) is 7.65. The zero-order valence-electron chi connectivity index (χ0n) is 10.4. The number of hydrogen-bond donors (Lipinski definition) is 0. The number of rotatable bonds is 1. The summed E-state index contributed by atoms with van der Waals surface area (Å²) in [5.41, 5.74) is 0.495. The first kappa shape index (κ1) is 12.7. The molecule has 2 rings (SSSR count). The Kier molecular flexibility index (Phi) is 3.28. The van der Waals surface area contributed by atoms with Gasteiger partial charge in [-0.05, 0) is 30.6 Å². The van der Waals surface area contributed by atoms with Gasteiger partial charge in [0.15, 0.2) is 0 Å². The lowest BCUT2D eigenvalue weighted by Gasteiger charge is -2.46. The van der Waals surface area contributed by atoms with Gasteiger partial charge in [-0.2, -0.15) is 0 Å². The Bertz CT molecular complexity index is 300. The van der Waals surface area contributed by atoms with E-state index < -0.39 is 0 Å². The molecule has 0 N–H and O–H groups in total. The van der Waals surface area contributed by atoms with Crippen molar-refractivity contribution in [2.75, 3.05) is 4.43 Å². The molecular formula is C13H21IO2. The van der Waals surface area contributed by atoms with E-state index >= 15 is 0 Å². The van der Waals surface area contributed by atoms with Crippen LogP contribution in [-0.2, 0) is 9.53 Å². The molecule has 0 aromatic carbocycles. The summed E-state index contributed by atoms with van der Waals surface area (Å²) in [4.78, 5) is 11.6. The smallest absolute Gasteiger partial charge is 0.306 e. The molecule has 1 saturated heterocycles. The highest BCUT2D eigenvalue weighted by molar-refractivity contribution is 14.1. The van der Waals surface area contributed by atoms with Crippen molar-refractivity contribution >= 4 is 28.6 Å². The molecule has 0 amide bonds. The summed E-state index contributed by atoms with van der Waals surface area (Å²) in [5, 5.41) is 0. The summed E-state index contributed by atoms with van der Waals surface area (Å²) < 4.78 is 6.44. The Labute approximate surface area is 112 Å². The minimum Gasteiger partial charge on any atom is -0.461 e. The van der Waals surface area contributed by atoms with Crippen LogP contribution in [0.4, 0.5) is 0 Å². The fraction of sp³-hybridized carbons (Fsp3) is 0.923. The maximum absolute atomic E-state index is 11.6. The van der Waals surface area contributed by atoms with Crippen LogP contribution in [0.15, 0.2) is 0 Å². The molecule has 16 heavy (non-hydrogen) atoms. The van der Waals surface area contributed by atoms with E-state index in [1.165, 1.54) is 6.42 Å². The second-order valence-electron chi connectivity index (χ2n) is 6.53. The second-order valence-corrected chi connectivity index (χ2v) is 7.41. The number of carbonyl (C=O) groups excluding carboxylic acids is 1. The highest BCUT2D eigenvalue weighted by atomic mass is 127. The predicted octanol–water partition coefficient (Wildman–Crippen LogP) is 3.57. The number of carbonyl (C=O) groups is 1. The molecule has 2 nitrogen and oxygen atoms in total. The molecule has 3 heteroatoms. The Hall–Kier alpha value is 0.200. The van der Waals surface area contributed by atoms with Crippen molar-refractivity contribution in [1.82, 2.24) is 0 Å². The van der Waals surface area contributed by atoms with E-state index in [0.29, 0.717) is 17.8 Å². The summed E-state index contributed by atoms with van der Waals surface area (Å²) in [7, 11) is 0. The number of esters is 1. The number of ether oxygens (including phenoxy) is 1. The van der Waals surface area contributed by atoms with E-state index in [1.54, 1.807) is 0 Å². The van der Waals surface area contributed by atoms with Crippen molar-refractivity contribution in [3.63, 3.8) is 0 Å². The number of cyclic esters (lactones) is 1.